The van der Waals surface area contributed by atoms with Gasteiger partial charge in [-0.15, -0.1) is 0 Å². The molecule has 2 N–H and O–H groups in total. The molecule has 0 spiro atoms. The van der Waals surface area contributed by atoms with Gasteiger partial charge in [0.05, 0.1) is 0 Å². The third kappa shape index (κ3) is 4.51. The van der Waals surface area contributed by atoms with E-state index in [-0.39, 0.29) is 11.5 Å². The van der Waals surface area contributed by atoms with Gasteiger partial charge in [-0.2, -0.15) is 0 Å². The van der Waals surface area contributed by atoms with Crippen molar-refractivity contribution >= 4 is 17.7 Å². The molecular formula is C20H17N3O2. The fourth-order valence-electron chi connectivity index (χ4n) is 2.38. The fourth-order valence-corrected chi connectivity index (χ4v) is 2.38. The molecular weight excluding hydrogens is 314 g/mol. The Morgan fingerprint density at radius 2 is 1.88 bits per heavy atom. The van der Waals surface area contributed by atoms with Crippen molar-refractivity contribution in [3.8, 4) is 11.4 Å². The van der Waals surface area contributed by atoms with Gasteiger partial charge in [0.25, 0.3) is 5.56 Å². The van der Waals surface area contributed by atoms with Gasteiger partial charge in [0.15, 0.2) is 0 Å². The van der Waals surface area contributed by atoms with Crippen LogP contribution in [-0.2, 0) is 4.79 Å². The number of nitrogens with zero attached hydrogens (tertiary/aromatic N) is 1. The van der Waals surface area contributed by atoms with Crippen LogP contribution in [0.25, 0.3) is 17.5 Å². The largest absolute Gasteiger partial charge is 0.322 e. The molecule has 2 aromatic carbocycles. The van der Waals surface area contributed by atoms with Gasteiger partial charge in [0.2, 0.25) is 5.91 Å². The smallest absolute Gasteiger partial charge is 0.251 e. The topological polar surface area (TPSA) is 74.8 Å². The molecule has 1 heterocycles. The predicted octanol–water partition coefficient (Wildman–Crippen LogP) is 3.40. The summed E-state index contributed by atoms with van der Waals surface area (Å²) in [5.74, 6) is 0.243. The second-order valence-corrected chi connectivity index (χ2v) is 5.55. The maximum Gasteiger partial charge on any atom is 0.251 e. The summed E-state index contributed by atoms with van der Waals surface area (Å²) in [5, 5.41) is 2.81. The highest BCUT2D eigenvalue weighted by Crippen LogP contribution is 2.18. The molecule has 0 bridgehead atoms. The van der Waals surface area contributed by atoms with E-state index < -0.39 is 0 Å². The van der Waals surface area contributed by atoms with Crippen LogP contribution >= 0.6 is 0 Å². The van der Waals surface area contributed by atoms with Crippen LogP contribution in [0, 0.1) is 6.92 Å². The summed E-state index contributed by atoms with van der Waals surface area (Å²) in [6.07, 6.45) is 3.23. The zero-order valence-electron chi connectivity index (χ0n) is 13.7. The number of aryl methyl sites for hydroxylation is 1. The molecule has 3 rings (SSSR count). The zero-order valence-corrected chi connectivity index (χ0v) is 13.7. The van der Waals surface area contributed by atoms with Crippen molar-refractivity contribution in [1.29, 1.82) is 0 Å². The molecule has 124 valence electrons. The van der Waals surface area contributed by atoms with Crippen molar-refractivity contribution in [1.82, 2.24) is 9.97 Å². The molecule has 25 heavy (non-hydrogen) atoms. The van der Waals surface area contributed by atoms with E-state index in [0.29, 0.717) is 17.2 Å². The highest BCUT2D eigenvalue weighted by Gasteiger charge is 2.04. The first kappa shape index (κ1) is 16.4. The summed E-state index contributed by atoms with van der Waals surface area (Å²) in [5.41, 5.74) is 2.74. The molecule has 0 atom stereocenters. The normalized spacial score (nSPS) is 10.8. The highest BCUT2D eigenvalue weighted by atomic mass is 16.1. The lowest BCUT2D eigenvalue weighted by molar-refractivity contribution is -0.111. The van der Waals surface area contributed by atoms with E-state index in [1.54, 1.807) is 31.2 Å². The van der Waals surface area contributed by atoms with Gasteiger partial charge >= 0.3 is 0 Å². The number of hydrogen-bond acceptors (Lipinski definition) is 3. The summed E-state index contributed by atoms with van der Waals surface area (Å²) in [6.45, 7) is 1.76. The number of rotatable bonds is 4. The van der Waals surface area contributed by atoms with Crippen LogP contribution in [0.1, 0.15) is 11.3 Å². The molecule has 0 unspecified atom stereocenters. The average Bonchev–Trinajstić information content (AvgIpc) is 2.60. The van der Waals surface area contributed by atoms with Gasteiger partial charge in [-0.25, -0.2) is 4.98 Å². The summed E-state index contributed by atoms with van der Waals surface area (Å²) >= 11 is 0. The molecule has 0 saturated heterocycles. The van der Waals surface area contributed by atoms with Crippen LogP contribution in [-0.4, -0.2) is 15.9 Å². The van der Waals surface area contributed by atoms with E-state index in [1.807, 2.05) is 36.4 Å². The average molecular weight is 331 g/mol. The van der Waals surface area contributed by atoms with Crippen molar-refractivity contribution in [3.63, 3.8) is 0 Å². The number of H-pyrrole nitrogens is 1. The van der Waals surface area contributed by atoms with Gasteiger partial charge in [-0.05, 0) is 30.7 Å². The maximum absolute atomic E-state index is 12.1. The number of hydrogen-bond donors (Lipinski definition) is 2. The maximum atomic E-state index is 12.1. The lowest BCUT2D eigenvalue weighted by atomic mass is 10.1. The summed E-state index contributed by atoms with van der Waals surface area (Å²) in [6, 6.07) is 18.2. The molecule has 0 radical (unpaired) electrons. The Kier molecular flexibility index (Phi) is 4.85. The number of amides is 1. The Morgan fingerprint density at radius 3 is 2.64 bits per heavy atom. The van der Waals surface area contributed by atoms with Crippen LogP contribution in [0.3, 0.4) is 0 Å². The van der Waals surface area contributed by atoms with E-state index in [0.717, 1.165) is 11.1 Å². The molecule has 1 aromatic heterocycles. The Morgan fingerprint density at radius 1 is 1.08 bits per heavy atom. The van der Waals surface area contributed by atoms with Crippen molar-refractivity contribution in [2.45, 2.75) is 6.92 Å². The Bertz CT molecular complexity index is 975. The third-order valence-corrected chi connectivity index (χ3v) is 3.50. The molecule has 0 fully saturated rings. The number of anilines is 1. The van der Waals surface area contributed by atoms with E-state index >= 15 is 0 Å². The Labute approximate surface area is 145 Å². The third-order valence-electron chi connectivity index (χ3n) is 3.50. The second-order valence-electron chi connectivity index (χ2n) is 5.55. The molecule has 0 saturated carbocycles. The fraction of sp³-hybridized carbons (Fsp3) is 0.0500. The number of nitrogens with one attached hydrogen (secondary N) is 2. The van der Waals surface area contributed by atoms with Crippen LogP contribution in [0.5, 0.6) is 0 Å². The summed E-state index contributed by atoms with van der Waals surface area (Å²) in [4.78, 5) is 30.7. The number of carbonyl (C=O) groups is 1. The molecule has 1 amide bonds. The first-order valence-corrected chi connectivity index (χ1v) is 7.83. The SMILES string of the molecule is Cc1cc(=O)[nH]c(-c2cccc(NC(=O)/C=C/c3ccccc3)c2)n1. The lowest BCUT2D eigenvalue weighted by Crippen LogP contribution is -2.10. The number of carbonyl (C=O) groups excluding carboxylic acids is 1. The van der Waals surface area contributed by atoms with E-state index in [2.05, 4.69) is 15.3 Å². The minimum atomic E-state index is -0.230. The Balaban J connectivity index is 1.76. The Hall–Kier alpha value is -3.47. The molecule has 3 aromatic rings. The van der Waals surface area contributed by atoms with Crippen LogP contribution in [0.4, 0.5) is 5.69 Å². The monoisotopic (exact) mass is 331 g/mol. The predicted molar refractivity (Wildman–Crippen MR) is 99.1 cm³/mol. The summed E-state index contributed by atoms with van der Waals surface area (Å²) < 4.78 is 0. The molecule has 0 aliphatic rings. The van der Waals surface area contributed by atoms with Crippen molar-refractivity contribution < 1.29 is 4.79 Å². The first-order chi connectivity index (χ1) is 12.1. The van der Waals surface area contributed by atoms with E-state index in [9.17, 15) is 9.59 Å². The van der Waals surface area contributed by atoms with Crippen LogP contribution in [0.2, 0.25) is 0 Å². The minimum Gasteiger partial charge on any atom is -0.322 e. The van der Waals surface area contributed by atoms with Crippen molar-refractivity contribution in [2.24, 2.45) is 0 Å². The molecule has 0 aliphatic carbocycles. The quantitative estimate of drug-likeness (QED) is 0.720. The molecule has 5 heteroatoms. The van der Waals surface area contributed by atoms with Crippen molar-refractivity contribution in [2.75, 3.05) is 5.32 Å². The highest BCUT2D eigenvalue weighted by molar-refractivity contribution is 6.02. The molecule has 0 aliphatic heterocycles. The van der Waals surface area contributed by atoms with E-state index in [1.165, 1.54) is 12.1 Å². The van der Waals surface area contributed by atoms with Gasteiger partial charge in [-0.3, -0.25) is 9.59 Å². The van der Waals surface area contributed by atoms with Crippen LogP contribution < -0.4 is 10.9 Å². The van der Waals surface area contributed by atoms with Crippen molar-refractivity contribution in [3.05, 3.63) is 88.4 Å². The lowest BCUT2D eigenvalue weighted by Gasteiger charge is -2.06. The summed E-state index contributed by atoms with van der Waals surface area (Å²) in [7, 11) is 0. The number of aromatic nitrogens is 2. The van der Waals surface area contributed by atoms with Gasteiger partial charge in [0.1, 0.15) is 5.82 Å². The van der Waals surface area contributed by atoms with Crippen LogP contribution in [0.15, 0.2) is 71.5 Å². The van der Waals surface area contributed by atoms with Gasteiger partial charge < -0.3 is 10.3 Å². The second kappa shape index (κ2) is 7.40. The van der Waals surface area contributed by atoms with E-state index in [4.69, 9.17) is 0 Å². The van der Waals surface area contributed by atoms with Gasteiger partial charge in [0, 0.05) is 29.1 Å². The van der Waals surface area contributed by atoms with Gasteiger partial charge in [-0.1, -0.05) is 42.5 Å². The molecule has 5 nitrogen and oxygen atoms in total. The zero-order chi connectivity index (χ0) is 17.6. The minimum absolute atomic E-state index is 0.206. The first-order valence-electron chi connectivity index (χ1n) is 7.83. The number of aromatic amines is 1. The number of benzene rings is 2. The standard InChI is InChI=1S/C20H17N3O2/c1-14-12-19(25)23-20(21-14)16-8-5-9-17(13-16)22-18(24)11-10-15-6-3-2-4-7-15/h2-13H,1H3,(H,22,24)(H,21,23,25)/b11-10+.